The maximum atomic E-state index is 13.4. The highest BCUT2D eigenvalue weighted by atomic mass is 19.1. The van der Waals surface area contributed by atoms with Gasteiger partial charge in [-0.05, 0) is 30.3 Å². The number of aromatic nitrogens is 1. The van der Waals surface area contributed by atoms with Crippen molar-refractivity contribution >= 4 is 0 Å². The molecule has 84 valence electrons. The van der Waals surface area contributed by atoms with Crippen molar-refractivity contribution in [2.75, 3.05) is 0 Å². The lowest BCUT2D eigenvalue weighted by Gasteiger charge is -2.08. The molecule has 2 aromatic rings. The van der Waals surface area contributed by atoms with Gasteiger partial charge in [-0.1, -0.05) is 0 Å². The molecular formula is C12H11F2NO. The molecule has 2 nitrogen and oxygen atoms in total. The van der Waals surface area contributed by atoms with Crippen LogP contribution >= 0.6 is 0 Å². The minimum atomic E-state index is -0.464. The third kappa shape index (κ3) is 2.12. The number of rotatable bonds is 3. The molecule has 0 atom stereocenters. The van der Waals surface area contributed by atoms with Crippen molar-refractivity contribution in [2.45, 2.75) is 13.2 Å². The molecule has 0 saturated heterocycles. The first-order valence-electron chi connectivity index (χ1n) is 4.89. The molecule has 0 aliphatic carbocycles. The Balaban J connectivity index is 2.30. The van der Waals surface area contributed by atoms with E-state index in [0.717, 1.165) is 18.2 Å². The van der Waals surface area contributed by atoms with Gasteiger partial charge in [-0.25, -0.2) is 8.78 Å². The molecule has 0 aliphatic heterocycles. The summed E-state index contributed by atoms with van der Waals surface area (Å²) >= 11 is 0. The van der Waals surface area contributed by atoms with Crippen molar-refractivity contribution in [3.05, 3.63) is 59.4 Å². The second-order valence-electron chi connectivity index (χ2n) is 3.52. The summed E-state index contributed by atoms with van der Waals surface area (Å²) in [4.78, 5) is 0. The second kappa shape index (κ2) is 4.45. The number of hydrogen-bond acceptors (Lipinski definition) is 1. The van der Waals surface area contributed by atoms with Crippen molar-refractivity contribution in [1.29, 1.82) is 0 Å². The minimum absolute atomic E-state index is 0.121. The summed E-state index contributed by atoms with van der Waals surface area (Å²) in [5.74, 6) is -0.909. The molecule has 0 amide bonds. The average molecular weight is 223 g/mol. The molecule has 1 aromatic heterocycles. The first-order valence-corrected chi connectivity index (χ1v) is 4.89. The number of aliphatic hydroxyl groups is 1. The van der Waals surface area contributed by atoms with Gasteiger partial charge < -0.3 is 9.67 Å². The van der Waals surface area contributed by atoms with E-state index >= 15 is 0 Å². The summed E-state index contributed by atoms with van der Waals surface area (Å²) in [5.41, 5.74) is 0.939. The fraction of sp³-hybridized carbons (Fsp3) is 0.167. The van der Waals surface area contributed by atoms with Gasteiger partial charge in [-0.2, -0.15) is 0 Å². The molecule has 0 bridgehead atoms. The summed E-state index contributed by atoms with van der Waals surface area (Å²) in [6.07, 6.45) is 1.72. The van der Waals surface area contributed by atoms with Crippen molar-refractivity contribution in [3.8, 4) is 0 Å². The molecule has 16 heavy (non-hydrogen) atoms. The Morgan fingerprint density at radius 2 is 2.00 bits per heavy atom. The molecule has 0 unspecified atom stereocenters. The van der Waals surface area contributed by atoms with Gasteiger partial charge in [0.25, 0.3) is 0 Å². The normalized spacial score (nSPS) is 10.7. The maximum Gasteiger partial charge on any atom is 0.128 e. The lowest BCUT2D eigenvalue weighted by molar-refractivity contribution is 0.271. The SMILES string of the molecule is OCc1cccn1Cc1cc(F)ccc1F. The van der Waals surface area contributed by atoms with E-state index in [0.29, 0.717) is 5.69 Å². The van der Waals surface area contributed by atoms with Gasteiger partial charge in [-0.15, -0.1) is 0 Å². The monoisotopic (exact) mass is 223 g/mol. The first kappa shape index (κ1) is 10.8. The first-order chi connectivity index (χ1) is 7.70. The third-order valence-electron chi connectivity index (χ3n) is 2.43. The average Bonchev–Trinajstić information content (AvgIpc) is 2.71. The molecule has 2 rings (SSSR count). The van der Waals surface area contributed by atoms with Crippen LogP contribution in [0.25, 0.3) is 0 Å². The summed E-state index contributed by atoms with van der Waals surface area (Å²) in [7, 11) is 0. The Bertz CT molecular complexity index is 494. The number of halogens is 2. The zero-order chi connectivity index (χ0) is 11.5. The van der Waals surface area contributed by atoms with Crippen molar-refractivity contribution in [1.82, 2.24) is 4.57 Å². The summed E-state index contributed by atoms with van der Waals surface area (Å²) < 4.78 is 28.0. The predicted octanol–water partition coefficient (Wildman–Crippen LogP) is 2.31. The Labute approximate surface area is 91.8 Å². The molecule has 1 heterocycles. The van der Waals surface area contributed by atoms with Crippen LogP contribution in [0, 0.1) is 11.6 Å². The topological polar surface area (TPSA) is 25.2 Å². The smallest absolute Gasteiger partial charge is 0.128 e. The standard InChI is InChI=1S/C12H11F2NO/c13-10-3-4-12(14)9(6-10)7-15-5-1-2-11(15)8-16/h1-6,16H,7-8H2. The zero-order valence-electron chi connectivity index (χ0n) is 8.53. The quantitative estimate of drug-likeness (QED) is 0.848. The molecule has 1 N–H and O–H groups in total. The van der Waals surface area contributed by atoms with Crippen LogP contribution in [0.15, 0.2) is 36.5 Å². The highest BCUT2D eigenvalue weighted by Crippen LogP contribution is 2.13. The van der Waals surface area contributed by atoms with Crippen molar-refractivity contribution in [2.24, 2.45) is 0 Å². The number of benzene rings is 1. The fourth-order valence-corrected chi connectivity index (χ4v) is 1.60. The summed E-state index contributed by atoms with van der Waals surface area (Å²) in [6.45, 7) is 0.0937. The van der Waals surface area contributed by atoms with E-state index in [1.54, 1.807) is 22.9 Å². The molecule has 0 saturated carbocycles. The maximum absolute atomic E-state index is 13.4. The molecule has 0 spiro atoms. The molecule has 4 heteroatoms. The minimum Gasteiger partial charge on any atom is -0.390 e. The van der Waals surface area contributed by atoms with Crippen LogP contribution in [0.4, 0.5) is 8.78 Å². The van der Waals surface area contributed by atoms with E-state index in [-0.39, 0.29) is 18.7 Å². The Kier molecular flexibility index (Phi) is 3.01. The molecule has 1 aromatic carbocycles. The van der Waals surface area contributed by atoms with Gasteiger partial charge in [0.2, 0.25) is 0 Å². The fourth-order valence-electron chi connectivity index (χ4n) is 1.60. The highest BCUT2D eigenvalue weighted by Gasteiger charge is 2.06. The van der Waals surface area contributed by atoms with E-state index in [4.69, 9.17) is 5.11 Å². The van der Waals surface area contributed by atoms with Crippen molar-refractivity contribution in [3.63, 3.8) is 0 Å². The van der Waals surface area contributed by atoms with Crippen LogP contribution in [0.5, 0.6) is 0 Å². The van der Waals surface area contributed by atoms with Gasteiger partial charge in [0.05, 0.1) is 13.2 Å². The van der Waals surface area contributed by atoms with E-state index < -0.39 is 11.6 Å². The van der Waals surface area contributed by atoms with Crippen LogP contribution in [0.3, 0.4) is 0 Å². The van der Waals surface area contributed by atoms with E-state index in [1.165, 1.54) is 0 Å². The Morgan fingerprint density at radius 3 is 2.75 bits per heavy atom. The number of aliphatic hydroxyl groups excluding tert-OH is 1. The molecule has 0 aliphatic rings. The van der Waals surface area contributed by atoms with Crippen LogP contribution in [-0.2, 0) is 13.2 Å². The Hall–Kier alpha value is -1.68. The third-order valence-corrected chi connectivity index (χ3v) is 2.43. The van der Waals surface area contributed by atoms with Gasteiger partial charge in [-0.3, -0.25) is 0 Å². The number of hydrogen-bond donors (Lipinski definition) is 1. The second-order valence-corrected chi connectivity index (χ2v) is 3.52. The van der Waals surface area contributed by atoms with Crippen LogP contribution in [0.2, 0.25) is 0 Å². The van der Waals surface area contributed by atoms with E-state index in [2.05, 4.69) is 0 Å². The zero-order valence-corrected chi connectivity index (χ0v) is 8.53. The molecular weight excluding hydrogens is 212 g/mol. The summed E-state index contributed by atoms with van der Waals surface area (Å²) in [5, 5.41) is 9.02. The highest BCUT2D eigenvalue weighted by molar-refractivity contribution is 5.20. The van der Waals surface area contributed by atoms with Crippen LogP contribution < -0.4 is 0 Å². The van der Waals surface area contributed by atoms with Gasteiger partial charge in [0.1, 0.15) is 11.6 Å². The molecule has 0 radical (unpaired) electrons. The predicted molar refractivity (Wildman–Crippen MR) is 55.8 cm³/mol. The van der Waals surface area contributed by atoms with Crippen LogP contribution in [-0.4, -0.2) is 9.67 Å². The Morgan fingerprint density at radius 1 is 1.19 bits per heavy atom. The van der Waals surface area contributed by atoms with Gasteiger partial charge in [0, 0.05) is 17.5 Å². The summed E-state index contributed by atoms with van der Waals surface area (Å²) in [6, 6.07) is 6.84. The van der Waals surface area contributed by atoms with E-state index in [9.17, 15) is 8.78 Å². The van der Waals surface area contributed by atoms with Gasteiger partial charge in [0.15, 0.2) is 0 Å². The number of nitrogens with zero attached hydrogens (tertiary/aromatic N) is 1. The van der Waals surface area contributed by atoms with Crippen LogP contribution in [0.1, 0.15) is 11.3 Å². The largest absolute Gasteiger partial charge is 0.390 e. The lowest BCUT2D eigenvalue weighted by atomic mass is 10.2. The molecule has 0 fully saturated rings. The van der Waals surface area contributed by atoms with Crippen molar-refractivity contribution < 1.29 is 13.9 Å². The van der Waals surface area contributed by atoms with E-state index in [1.807, 2.05) is 0 Å². The van der Waals surface area contributed by atoms with Gasteiger partial charge >= 0.3 is 0 Å². The lowest BCUT2D eigenvalue weighted by Crippen LogP contribution is -2.05.